The fourth-order valence-electron chi connectivity index (χ4n) is 1.51. The van der Waals surface area contributed by atoms with Crippen LogP contribution in [0.2, 0.25) is 0 Å². The third-order valence-electron chi connectivity index (χ3n) is 2.00. The van der Waals surface area contributed by atoms with Gasteiger partial charge in [0.05, 0.1) is 10.7 Å². The molecule has 0 saturated heterocycles. The van der Waals surface area contributed by atoms with Crippen LogP contribution in [0.5, 0.6) is 0 Å². The molecular weight excluding hydrogens is 180 g/mol. The maximum Gasteiger partial charge on any atom is 0.0900 e. The first-order valence-electron chi connectivity index (χ1n) is 4.70. The molecule has 0 spiro atoms. The van der Waals surface area contributed by atoms with Crippen molar-refractivity contribution in [1.82, 2.24) is 4.98 Å². The summed E-state index contributed by atoms with van der Waals surface area (Å²) >= 11 is 1.73. The van der Waals surface area contributed by atoms with E-state index >= 15 is 0 Å². The Balaban J connectivity index is 2.76. The summed E-state index contributed by atoms with van der Waals surface area (Å²) in [6, 6.07) is 0.172. The summed E-state index contributed by atoms with van der Waals surface area (Å²) in [6.45, 7) is 8.47. The molecule has 0 fully saturated rings. The van der Waals surface area contributed by atoms with E-state index in [0.717, 1.165) is 17.1 Å². The van der Waals surface area contributed by atoms with E-state index in [1.165, 1.54) is 4.88 Å². The first kappa shape index (κ1) is 10.7. The molecule has 2 nitrogen and oxygen atoms in total. The summed E-state index contributed by atoms with van der Waals surface area (Å²) < 4.78 is 0. The molecule has 13 heavy (non-hydrogen) atoms. The number of rotatable bonds is 3. The van der Waals surface area contributed by atoms with Crippen LogP contribution in [0.1, 0.15) is 41.9 Å². The van der Waals surface area contributed by atoms with Gasteiger partial charge in [0.25, 0.3) is 0 Å². The molecule has 0 bridgehead atoms. The quantitative estimate of drug-likeness (QED) is 0.811. The third kappa shape index (κ3) is 2.78. The van der Waals surface area contributed by atoms with Gasteiger partial charge in [-0.05, 0) is 26.2 Å². The molecule has 0 aliphatic heterocycles. The molecule has 0 aliphatic carbocycles. The lowest BCUT2D eigenvalue weighted by Crippen LogP contribution is -2.12. The van der Waals surface area contributed by atoms with Gasteiger partial charge in [-0.1, -0.05) is 13.8 Å². The summed E-state index contributed by atoms with van der Waals surface area (Å²) in [5.74, 6) is 0.650. The van der Waals surface area contributed by atoms with Crippen LogP contribution in [0, 0.1) is 19.8 Å². The molecule has 1 atom stereocenters. The van der Waals surface area contributed by atoms with Crippen LogP contribution in [0.3, 0.4) is 0 Å². The summed E-state index contributed by atoms with van der Waals surface area (Å²) in [5.41, 5.74) is 7.19. The van der Waals surface area contributed by atoms with Gasteiger partial charge in [0.1, 0.15) is 0 Å². The highest BCUT2D eigenvalue weighted by Crippen LogP contribution is 2.27. The molecule has 2 N–H and O–H groups in total. The first-order chi connectivity index (χ1) is 6.00. The van der Waals surface area contributed by atoms with Gasteiger partial charge >= 0.3 is 0 Å². The normalized spacial score (nSPS) is 13.7. The highest BCUT2D eigenvalue weighted by atomic mass is 32.1. The van der Waals surface area contributed by atoms with Crippen LogP contribution in [-0.2, 0) is 0 Å². The zero-order chi connectivity index (χ0) is 10.0. The largest absolute Gasteiger partial charge is 0.323 e. The molecule has 1 unspecified atom stereocenters. The minimum atomic E-state index is 0.172. The number of nitrogens with two attached hydrogens (primary N) is 1. The van der Waals surface area contributed by atoms with Crippen molar-refractivity contribution in [3.05, 3.63) is 15.6 Å². The molecule has 0 aromatic carbocycles. The Morgan fingerprint density at radius 2 is 2.00 bits per heavy atom. The second kappa shape index (κ2) is 4.20. The number of aryl methyl sites for hydroxylation is 2. The Morgan fingerprint density at radius 3 is 2.38 bits per heavy atom. The van der Waals surface area contributed by atoms with E-state index in [-0.39, 0.29) is 6.04 Å². The van der Waals surface area contributed by atoms with Gasteiger partial charge in [0.15, 0.2) is 0 Å². The Morgan fingerprint density at radius 1 is 1.38 bits per heavy atom. The van der Waals surface area contributed by atoms with Gasteiger partial charge in [-0.15, -0.1) is 11.3 Å². The Labute approximate surface area is 84.2 Å². The summed E-state index contributed by atoms with van der Waals surface area (Å²) in [7, 11) is 0. The van der Waals surface area contributed by atoms with E-state index in [2.05, 4.69) is 18.8 Å². The van der Waals surface area contributed by atoms with Crippen molar-refractivity contribution in [3.8, 4) is 0 Å². The van der Waals surface area contributed by atoms with E-state index in [1.54, 1.807) is 11.3 Å². The van der Waals surface area contributed by atoms with Crippen molar-refractivity contribution in [2.45, 2.75) is 40.2 Å². The second-order valence-electron chi connectivity index (χ2n) is 3.92. The van der Waals surface area contributed by atoms with Crippen molar-refractivity contribution < 1.29 is 0 Å². The number of hydrogen-bond acceptors (Lipinski definition) is 3. The monoisotopic (exact) mass is 198 g/mol. The van der Waals surface area contributed by atoms with Gasteiger partial charge in [0, 0.05) is 10.9 Å². The standard InChI is InChI=1S/C10H18N2S/c1-6(2)5-9(11)10-7(3)12-8(4)13-10/h6,9H,5,11H2,1-4H3. The van der Waals surface area contributed by atoms with Gasteiger partial charge in [0.2, 0.25) is 0 Å². The van der Waals surface area contributed by atoms with Gasteiger partial charge in [-0.3, -0.25) is 0 Å². The first-order valence-corrected chi connectivity index (χ1v) is 5.52. The Hall–Kier alpha value is -0.410. The second-order valence-corrected chi connectivity index (χ2v) is 5.15. The SMILES string of the molecule is Cc1nc(C)c(C(N)CC(C)C)s1. The van der Waals surface area contributed by atoms with Gasteiger partial charge in [-0.2, -0.15) is 0 Å². The highest BCUT2D eigenvalue weighted by molar-refractivity contribution is 7.11. The molecule has 0 aliphatic rings. The van der Waals surface area contributed by atoms with Crippen LogP contribution < -0.4 is 5.73 Å². The molecule has 1 heterocycles. The molecule has 1 aromatic heterocycles. The molecule has 1 rings (SSSR count). The predicted octanol–water partition coefficient (Wildman–Crippen LogP) is 2.81. The zero-order valence-electron chi connectivity index (χ0n) is 8.79. The molecule has 74 valence electrons. The van der Waals surface area contributed by atoms with Crippen LogP contribution in [0.15, 0.2) is 0 Å². The predicted molar refractivity (Wildman–Crippen MR) is 58.0 cm³/mol. The lowest BCUT2D eigenvalue weighted by atomic mass is 10.0. The van der Waals surface area contributed by atoms with Gasteiger partial charge in [-0.25, -0.2) is 4.98 Å². The number of aromatic nitrogens is 1. The molecule has 0 saturated carbocycles. The van der Waals surface area contributed by atoms with E-state index in [1.807, 2.05) is 13.8 Å². The summed E-state index contributed by atoms with van der Waals surface area (Å²) in [5, 5.41) is 1.12. The van der Waals surface area contributed by atoms with Crippen LogP contribution in [0.4, 0.5) is 0 Å². The van der Waals surface area contributed by atoms with E-state index in [9.17, 15) is 0 Å². The van der Waals surface area contributed by atoms with E-state index < -0.39 is 0 Å². The highest BCUT2D eigenvalue weighted by Gasteiger charge is 2.14. The summed E-state index contributed by atoms with van der Waals surface area (Å²) in [4.78, 5) is 5.63. The molecule has 0 amide bonds. The van der Waals surface area contributed by atoms with E-state index in [4.69, 9.17) is 5.73 Å². The minimum Gasteiger partial charge on any atom is -0.323 e. The van der Waals surface area contributed by atoms with Crippen molar-refractivity contribution in [3.63, 3.8) is 0 Å². The fourth-order valence-corrected chi connectivity index (χ4v) is 2.45. The lowest BCUT2D eigenvalue weighted by molar-refractivity contribution is 0.513. The van der Waals surface area contributed by atoms with Gasteiger partial charge < -0.3 is 5.73 Å². The maximum absolute atomic E-state index is 6.08. The van der Waals surface area contributed by atoms with Crippen LogP contribution >= 0.6 is 11.3 Å². The molecule has 3 heteroatoms. The third-order valence-corrected chi connectivity index (χ3v) is 3.21. The van der Waals surface area contributed by atoms with E-state index in [0.29, 0.717) is 5.92 Å². The number of thiazole rings is 1. The Bertz CT molecular complexity index is 278. The fraction of sp³-hybridized carbons (Fsp3) is 0.700. The van der Waals surface area contributed by atoms with Crippen molar-refractivity contribution >= 4 is 11.3 Å². The minimum absolute atomic E-state index is 0.172. The smallest absolute Gasteiger partial charge is 0.0900 e. The average Bonchev–Trinajstić information content (AvgIpc) is 2.28. The van der Waals surface area contributed by atoms with Crippen LogP contribution in [0.25, 0.3) is 0 Å². The van der Waals surface area contributed by atoms with Crippen molar-refractivity contribution in [2.24, 2.45) is 11.7 Å². The number of nitrogens with zero attached hydrogens (tertiary/aromatic N) is 1. The maximum atomic E-state index is 6.08. The molecule has 1 aromatic rings. The Kier molecular flexibility index (Phi) is 3.45. The number of hydrogen-bond donors (Lipinski definition) is 1. The van der Waals surface area contributed by atoms with Crippen molar-refractivity contribution in [1.29, 1.82) is 0 Å². The van der Waals surface area contributed by atoms with Crippen LogP contribution in [-0.4, -0.2) is 4.98 Å². The molecule has 0 radical (unpaired) electrons. The topological polar surface area (TPSA) is 38.9 Å². The summed E-state index contributed by atoms with van der Waals surface area (Å²) in [6.07, 6.45) is 1.04. The molecular formula is C10H18N2S. The van der Waals surface area contributed by atoms with Crippen molar-refractivity contribution in [2.75, 3.05) is 0 Å². The zero-order valence-corrected chi connectivity index (χ0v) is 9.61. The lowest BCUT2D eigenvalue weighted by Gasteiger charge is -2.12. The average molecular weight is 198 g/mol.